The molecule has 4 heteroatoms. The van der Waals surface area contributed by atoms with E-state index in [2.05, 4.69) is 5.32 Å². The Morgan fingerprint density at radius 1 is 1.16 bits per heavy atom. The maximum Gasteiger partial charge on any atom is 0.254 e. The minimum Gasteiger partial charge on any atom is -0.497 e. The van der Waals surface area contributed by atoms with E-state index in [1.807, 2.05) is 24.3 Å². The summed E-state index contributed by atoms with van der Waals surface area (Å²) in [5.41, 5.74) is 0.974. The third-order valence-electron chi connectivity index (χ3n) is 2.73. The molecule has 0 aromatic heterocycles. The summed E-state index contributed by atoms with van der Waals surface area (Å²) in [5, 5.41) is 2.67. The predicted molar refractivity (Wildman–Crippen MR) is 70.6 cm³/mol. The Balaban J connectivity index is 1.98. The lowest BCUT2D eigenvalue weighted by atomic mass is 10.2. The molecule has 0 bridgehead atoms. The maximum absolute atomic E-state index is 13.4. The van der Waals surface area contributed by atoms with Crippen LogP contribution in [0.4, 0.5) is 4.39 Å². The maximum atomic E-state index is 13.4. The smallest absolute Gasteiger partial charge is 0.254 e. The fraction of sp³-hybridized carbons (Fsp3) is 0.133. The van der Waals surface area contributed by atoms with Gasteiger partial charge in [0.25, 0.3) is 5.91 Å². The topological polar surface area (TPSA) is 38.3 Å². The van der Waals surface area contributed by atoms with E-state index in [4.69, 9.17) is 4.74 Å². The molecule has 0 aliphatic rings. The second-order valence-electron chi connectivity index (χ2n) is 4.01. The van der Waals surface area contributed by atoms with Crippen LogP contribution in [0, 0.1) is 5.82 Å². The van der Waals surface area contributed by atoms with E-state index in [0.29, 0.717) is 6.54 Å². The van der Waals surface area contributed by atoms with Crippen molar-refractivity contribution in [2.75, 3.05) is 7.11 Å². The fourth-order valence-electron chi connectivity index (χ4n) is 1.67. The normalized spacial score (nSPS) is 10.0. The average Bonchev–Trinajstić information content (AvgIpc) is 2.46. The van der Waals surface area contributed by atoms with Gasteiger partial charge in [0.1, 0.15) is 11.6 Å². The van der Waals surface area contributed by atoms with Crippen LogP contribution in [0.15, 0.2) is 48.5 Å². The number of carbonyl (C=O) groups is 1. The van der Waals surface area contributed by atoms with Gasteiger partial charge in [0.2, 0.25) is 0 Å². The van der Waals surface area contributed by atoms with Crippen LogP contribution < -0.4 is 10.1 Å². The van der Waals surface area contributed by atoms with Crippen LogP contribution >= 0.6 is 0 Å². The Kier molecular flexibility index (Phi) is 4.13. The molecule has 2 rings (SSSR count). The van der Waals surface area contributed by atoms with Crippen LogP contribution in [0.3, 0.4) is 0 Å². The van der Waals surface area contributed by atoms with Crippen molar-refractivity contribution in [2.45, 2.75) is 6.54 Å². The first-order chi connectivity index (χ1) is 9.20. The first kappa shape index (κ1) is 13.1. The Bertz CT molecular complexity index is 567. The van der Waals surface area contributed by atoms with Gasteiger partial charge in [-0.05, 0) is 29.8 Å². The summed E-state index contributed by atoms with van der Waals surface area (Å²) in [4.78, 5) is 11.8. The Hall–Kier alpha value is -2.36. The average molecular weight is 259 g/mol. The molecule has 1 amide bonds. The van der Waals surface area contributed by atoms with E-state index in [-0.39, 0.29) is 5.56 Å². The third kappa shape index (κ3) is 3.31. The fourth-order valence-corrected chi connectivity index (χ4v) is 1.67. The molecular formula is C15H14FNO2. The standard InChI is InChI=1S/C15H14FNO2/c1-19-12-8-6-11(7-9-12)10-17-15(18)13-4-2-3-5-14(13)16/h2-9H,10H2,1H3,(H,17,18). The molecule has 0 radical (unpaired) electrons. The van der Waals surface area contributed by atoms with E-state index in [1.165, 1.54) is 12.1 Å². The van der Waals surface area contributed by atoms with Crippen LogP contribution in [-0.2, 0) is 6.54 Å². The van der Waals surface area contributed by atoms with E-state index in [1.54, 1.807) is 19.2 Å². The summed E-state index contributed by atoms with van der Waals surface area (Å²) >= 11 is 0. The number of hydrogen-bond donors (Lipinski definition) is 1. The quantitative estimate of drug-likeness (QED) is 0.916. The van der Waals surface area contributed by atoms with Gasteiger partial charge in [0.15, 0.2) is 0 Å². The summed E-state index contributed by atoms with van der Waals surface area (Å²) in [5.74, 6) is -0.187. The van der Waals surface area contributed by atoms with Crippen LogP contribution in [0.5, 0.6) is 5.75 Å². The van der Waals surface area contributed by atoms with Crippen LogP contribution in [0.1, 0.15) is 15.9 Å². The highest BCUT2D eigenvalue weighted by atomic mass is 19.1. The van der Waals surface area contributed by atoms with E-state index in [9.17, 15) is 9.18 Å². The van der Waals surface area contributed by atoms with Gasteiger partial charge in [-0.2, -0.15) is 0 Å². The summed E-state index contributed by atoms with van der Waals surface area (Å²) < 4.78 is 18.4. The molecule has 0 spiro atoms. The number of benzene rings is 2. The zero-order chi connectivity index (χ0) is 13.7. The summed E-state index contributed by atoms with van der Waals surface area (Å²) in [6.45, 7) is 0.344. The minimum absolute atomic E-state index is 0.0519. The van der Waals surface area contributed by atoms with Crippen molar-refractivity contribution in [2.24, 2.45) is 0 Å². The number of methoxy groups -OCH3 is 1. The molecule has 19 heavy (non-hydrogen) atoms. The number of carbonyl (C=O) groups excluding carboxylic acids is 1. The second-order valence-corrected chi connectivity index (χ2v) is 4.01. The van der Waals surface area contributed by atoms with Gasteiger partial charge in [0.05, 0.1) is 12.7 Å². The lowest BCUT2D eigenvalue weighted by Crippen LogP contribution is -2.23. The molecule has 0 heterocycles. The Labute approximate surface area is 111 Å². The monoisotopic (exact) mass is 259 g/mol. The van der Waals surface area contributed by atoms with Gasteiger partial charge in [-0.25, -0.2) is 4.39 Å². The summed E-state index contributed by atoms with van der Waals surface area (Å²) in [7, 11) is 1.59. The minimum atomic E-state index is -0.519. The summed E-state index contributed by atoms with van der Waals surface area (Å²) in [6, 6.07) is 13.2. The van der Waals surface area contributed by atoms with Crippen molar-refractivity contribution < 1.29 is 13.9 Å². The van der Waals surface area contributed by atoms with Crippen LogP contribution in [-0.4, -0.2) is 13.0 Å². The Morgan fingerprint density at radius 3 is 2.47 bits per heavy atom. The van der Waals surface area contributed by atoms with E-state index < -0.39 is 11.7 Å². The Morgan fingerprint density at radius 2 is 1.84 bits per heavy atom. The van der Waals surface area contributed by atoms with Crippen molar-refractivity contribution in [1.82, 2.24) is 5.32 Å². The molecule has 0 unspecified atom stereocenters. The lowest BCUT2D eigenvalue weighted by molar-refractivity contribution is 0.0947. The van der Waals surface area contributed by atoms with Crippen molar-refractivity contribution in [1.29, 1.82) is 0 Å². The highest BCUT2D eigenvalue weighted by Gasteiger charge is 2.09. The van der Waals surface area contributed by atoms with Gasteiger partial charge in [-0.1, -0.05) is 24.3 Å². The molecule has 3 nitrogen and oxygen atoms in total. The summed E-state index contributed by atoms with van der Waals surface area (Å²) in [6.07, 6.45) is 0. The zero-order valence-electron chi connectivity index (χ0n) is 10.5. The molecule has 0 atom stereocenters. The highest BCUT2D eigenvalue weighted by Crippen LogP contribution is 2.11. The predicted octanol–water partition coefficient (Wildman–Crippen LogP) is 2.76. The number of nitrogens with one attached hydrogen (secondary N) is 1. The molecule has 1 N–H and O–H groups in total. The molecule has 0 aliphatic carbocycles. The van der Waals surface area contributed by atoms with Crippen molar-refractivity contribution in [3.8, 4) is 5.75 Å². The van der Waals surface area contributed by atoms with Gasteiger partial charge in [-0.15, -0.1) is 0 Å². The third-order valence-corrected chi connectivity index (χ3v) is 2.73. The number of ether oxygens (including phenoxy) is 1. The molecule has 2 aromatic carbocycles. The first-order valence-electron chi connectivity index (χ1n) is 5.86. The van der Waals surface area contributed by atoms with Gasteiger partial charge in [-0.3, -0.25) is 4.79 Å². The first-order valence-corrected chi connectivity index (χ1v) is 5.86. The molecule has 0 aliphatic heterocycles. The highest BCUT2D eigenvalue weighted by molar-refractivity contribution is 5.94. The number of amides is 1. The molecular weight excluding hydrogens is 245 g/mol. The zero-order valence-corrected chi connectivity index (χ0v) is 10.5. The van der Waals surface area contributed by atoms with E-state index in [0.717, 1.165) is 11.3 Å². The van der Waals surface area contributed by atoms with Crippen molar-refractivity contribution in [3.05, 3.63) is 65.5 Å². The van der Waals surface area contributed by atoms with Gasteiger partial charge >= 0.3 is 0 Å². The van der Waals surface area contributed by atoms with Gasteiger partial charge < -0.3 is 10.1 Å². The van der Waals surface area contributed by atoms with Crippen molar-refractivity contribution in [3.63, 3.8) is 0 Å². The van der Waals surface area contributed by atoms with E-state index >= 15 is 0 Å². The number of hydrogen-bond acceptors (Lipinski definition) is 2. The molecule has 0 saturated carbocycles. The SMILES string of the molecule is COc1ccc(CNC(=O)c2ccccc2F)cc1. The largest absolute Gasteiger partial charge is 0.497 e. The van der Waals surface area contributed by atoms with Crippen molar-refractivity contribution >= 4 is 5.91 Å². The number of rotatable bonds is 4. The molecule has 2 aromatic rings. The lowest BCUT2D eigenvalue weighted by Gasteiger charge is -2.07. The second kappa shape index (κ2) is 6.00. The van der Waals surface area contributed by atoms with Crippen LogP contribution in [0.2, 0.25) is 0 Å². The van der Waals surface area contributed by atoms with Crippen LogP contribution in [0.25, 0.3) is 0 Å². The molecule has 0 saturated heterocycles. The number of halogens is 1. The van der Waals surface area contributed by atoms with Gasteiger partial charge in [0, 0.05) is 6.54 Å². The molecule has 0 fully saturated rings. The molecule has 98 valence electrons.